The average molecular weight is 586 g/mol. The third kappa shape index (κ3) is 10.6. The number of nitrogens with one attached hydrogen (secondary N) is 2. The van der Waals surface area contributed by atoms with Crippen LogP contribution in [0.15, 0.2) is 45.4 Å². The molecule has 35 heavy (non-hydrogen) atoms. The number of rotatable bonds is 8. The molecule has 0 aliphatic rings. The standard InChI is InChI=1S/C11H9Cl2F4NO.C10H9Cl2F2NO/c1-18-10-7(11(15,16)17)4-6(5-8(10)14)19-3-2-9(12)13;1-15-10-7(13)4-6(5-8(10)14)16-3-2-9(11)12/h2,4-5,18H,3H2,1H3;2,4-5,15H,3H2,1H3. The first-order chi connectivity index (χ1) is 16.3. The van der Waals surface area contributed by atoms with E-state index in [1.165, 1.54) is 26.2 Å². The van der Waals surface area contributed by atoms with Gasteiger partial charge in [0.25, 0.3) is 0 Å². The minimum absolute atomic E-state index is 0.0350. The summed E-state index contributed by atoms with van der Waals surface area (Å²) in [6, 6.07) is 3.69. The Balaban J connectivity index is 0.000000355. The summed E-state index contributed by atoms with van der Waals surface area (Å²) in [5, 5.41) is 4.57. The van der Waals surface area contributed by atoms with Gasteiger partial charge in [0.15, 0.2) is 17.5 Å². The van der Waals surface area contributed by atoms with Gasteiger partial charge in [-0.1, -0.05) is 46.4 Å². The molecule has 2 aromatic carbocycles. The maximum absolute atomic E-state index is 13.5. The molecule has 0 fully saturated rings. The number of alkyl halides is 3. The van der Waals surface area contributed by atoms with Crippen LogP contribution in [0.3, 0.4) is 0 Å². The second-order valence-electron chi connectivity index (χ2n) is 6.20. The van der Waals surface area contributed by atoms with Gasteiger partial charge in [0.05, 0.1) is 11.3 Å². The summed E-state index contributed by atoms with van der Waals surface area (Å²) >= 11 is 21.3. The van der Waals surface area contributed by atoms with E-state index in [2.05, 4.69) is 10.6 Å². The summed E-state index contributed by atoms with van der Waals surface area (Å²) in [6.45, 7) is -0.127. The molecular weight excluding hydrogens is 568 g/mol. The number of hydrogen-bond acceptors (Lipinski definition) is 4. The molecule has 0 unspecified atom stereocenters. The van der Waals surface area contributed by atoms with Gasteiger partial charge in [0.2, 0.25) is 0 Å². The topological polar surface area (TPSA) is 42.5 Å². The van der Waals surface area contributed by atoms with E-state index in [1.807, 2.05) is 0 Å². The zero-order chi connectivity index (χ0) is 26.8. The quantitative estimate of drug-likeness (QED) is 0.306. The highest BCUT2D eigenvalue weighted by molar-refractivity contribution is 6.56. The van der Waals surface area contributed by atoms with Crippen molar-refractivity contribution in [2.75, 3.05) is 37.9 Å². The molecule has 0 radical (unpaired) electrons. The monoisotopic (exact) mass is 584 g/mol. The number of benzene rings is 2. The van der Waals surface area contributed by atoms with Crippen molar-refractivity contribution in [1.82, 2.24) is 0 Å². The van der Waals surface area contributed by atoms with Gasteiger partial charge in [0, 0.05) is 32.3 Å². The van der Waals surface area contributed by atoms with Crippen molar-refractivity contribution >= 4 is 57.8 Å². The zero-order valence-electron chi connectivity index (χ0n) is 18.0. The van der Waals surface area contributed by atoms with Gasteiger partial charge in [-0.2, -0.15) is 13.2 Å². The molecule has 0 bridgehead atoms. The summed E-state index contributed by atoms with van der Waals surface area (Å²) in [4.78, 5) is 0. The Labute approximate surface area is 217 Å². The van der Waals surface area contributed by atoms with Crippen LogP contribution < -0.4 is 20.1 Å². The molecule has 0 saturated carbocycles. The lowest BCUT2D eigenvalue weighted by Crippen LogP contribution is -2.11. The molecule has 0 amide bonds. The fourth-order valence-corrected chi connectivity index (χ4v) is 2.67. The van der Waals surface area contributed by atoms with Gasteiger partial charge in [-0.15, -0.1) is 0 Å². The van der Waals surface area contributed by atoms with Crippen LogP contribution in [0.4, 0.5) is 37.7 Å². The van der Waals surface area contributed by atoms with Gasteiger partial charge >= 0.3 is 6.18 Å². The Morgan fingerprint density at radius 3 is 1.46 bits per heavy atom. The highest BCUT2D eigenvalue weighted by Gasteiger charge is 2.35. The normalized spacial score (nSPS) is 10.5. The number of ether oxygens (including phenoxy) is 2. The zero-order valence-corrected chi connectivity index (χ0v) is 21.0. The van der Waals surface area contributed by atoms with Crippen LogP contribution >= 0.6 is 46.4 Å². The fraction of sp³-hybridized carbons (Fsp3) is 0.238. The van der Waals surface area contributed by atoms with E-state index < -0.39 is 34.9 Å². The van der Waals surface area contributed by atoms with E-state index in [9.17, 15) is 26.3 Å². The molecule has 0 atom stereocenters. The van der Waals surface area contributed by atoms with Crippen molar-refractivity contribution < 1.29 is 35.8 Å². The Morgan fingerprint density at radius 2 is 1.11 bits per heavy atom. The average Bonchev–Trinajstić information content (AvgIpc) is 2.72. The van der Waals surface area contributed by atoms with E-state index in [-0.39, 0.29) is 39.4 Å². The summed E-state index contributed by atoms with van der Waals surface area (Å²) < 4.78 is 88.1. The molecule has 0 saturated heterocycles. The lowest BCUT2D eigenvalue weighted by atomic mass is 10.1. The molecule has 194 valence electrons. The first-order valence-corrected chi connectivity index (χ1v) is 10.8. The summed E-state index contributed by atoms with van der Waals surface area (Å²) in [6.07, 6.45) is -2.11. The van der Waals surface area contributed by atoms with Crippen LogP contribution in [0.25, 0.3) is 0 Å². The molecule has 0 aliphatic heterocycles. The van der Waals surface area contributed by atoms with Crippen LogP contribution in [0.5, 0.6) is 11.5 Å². The minimum Gasteiger partial charge on any atom is -0.489 e. The number of halogens is 10. The molecule has 2 aromatic rings. The second-order valence-corrected chi connectivity index (χ2v) is 8.21. The summed E-state index contributed by atoms with van der Waals surface area (Å²) in [7, 11) is 2.63. The highest BCUT2D eigenvalue weighted by atomic mass is 35.5. The summed E-state index contributed by atoms with van der Waals surface area (Å²) in [5.41, 5.74) is -1.98. The van der Waals surface area contributed by atoms with Crippen molar-refractivity contribution in [3.05, 3.63) is 68.4 Å². The largest absolute Gasteiger partial charge is 0.489 e. The molecule has 0 spiro atoms. The molecule has 2 N–H and O–H groups in total. The minimum atomic E-state index is -4.70. The van der Waals surface area contributed by atoms with E-state index in [4.69, 9.17) is 55.9 Å². The lowest BCUT2D eigenvalue weighted by Gasteiger charge is -2.15. The number of hydrogen-bond donors (Lipinski definition) is 2. The Kier molecular flexibility index (Phi) is 12.7. The van der Waals surface area contributed by atoms with Crippen molar-refractivity contribution in [2.45, 2.75) is 6.18 Å². The smallest absolute Gasteiger partial charge is 0.418 e. The second kappa shape index (κ2) is 14.4. The Morgan fingerprint density at radius 1 is 0.743 bits per heavy atom. The van der Waals surface area contributed by atoms with Crippen molar-refractivity contribution in [1.29, 1.82) is 0 Å². The van der Waals surface area contributed by atoms with Gasteiger partial charge in [-0.05, 0) is 18.2 Å². The van der Waals surface area contributed by atoms with Crippen LogP contribution in [-0.2, 0) is 6.18 Å². The van der Waals surface area contributed by atoms with Crippen molar-refractivity contribution in [2.24, 2.45) is 0 Å². The number of anilines is 2. The highest BCUT2D eigenvalue weighted by Crippen LogP contribution is 2.38. The molecule has 0 heterocycles. The first-order valence-electron chi connectivity index (χ1n) is 9.33. The maximum Gasteiger partial charge on any atom is 0.418 e. The summed E-state index contributed by atoms with van der Waals surface area (Å²) in [5.74, 6) is -2.71. The van der Waals surface area contributed by atoms with Gasteiger partial charge < -0.3 is 20.1 Å². The third-order valence-corrected chi connectivity index (χ3v) is 4.48. The SMILES string of the molecule is CNc1c(F)cc(OCC=C(Cl)Cl)cc1C(F)(F)F.CNc1c(F)cc(OCC=C(Cl)Cl)cc1F. The molecule has 0 aliphatic carbocycles. The van der Waals surface area contributed by atoms with Gasteiger partial charge in [-0.3, -0.25) is 0 Å². The Hall–Kier alpha value is -2.14. The predicted octanol–water partition coefficient (Wildman–Crippen LogP) is 8.29. The molecule has 2 rings (SSSR count). The van der Waals surface area contributed by atoms with Crippen molar-refractivity contribution in [3.63, 3.8) is 0 Å². The molecule has 0 aromatic heterocycles. The van der Waals surface area contributed by atoms with E-state index >= 15 is 0 Å². The van der Waals surface area contributed by atoms with Crippen LogP contribution in [-0.4, -0.2) is 27.3 Å². The molecular formula is C21H18Cl4F6N2O2. The van der Waals surface area contributed by atoms with Gasteiger partial charge in [-0.25, -0.2) is 13.2 Å². The van der Waals surface area contributed by atoms with E-state index in [1.54, 1.807) is 0 Å². The van der Waals surface area contributed by atoms with Crippen LogP contribution in [0.1, 0.15) is 5.56 Å². The Bertz CT molecular complexity index is 1030. The van der Waals surface area contributed by atoms with Gasteiger partial charge in [0.1, 0.15) is 39.4 Å². The van der Waals surface area contributed by atoms with E-state index in [0.29, 0.717) is 6.07 Å². The molecule has 14 heteroatoms. The first kappa shape index (κ1) is 30.9. The van der Waals surface area contributed by atoms with Crippen LogP contribution in [0, 0.1) is 17.5 Å². The van der Waals surface area contributed by atoms with E-state index in [0.717, 1.165) is 18.2 Å². The fourth-order valence-electron chi connectivity index (χ4n) is 2.42. The molecule has 4 nitrogen and oxygen atoms in total. The predicted molar refractivity (Wildman–Crippen MR) is 127 cm³/mol. The third-order valence-electron chi connectivity index (χ3n) is 3.86. The van der Waals surface area contributed by atoms with Crippen molar-refractivity contribution in [3.8, 4) is 11.5 Å². The lowest BCUT2D eigenvalue weighted by molar-refractivity contribution is -0.137. The maximum atomic E-state index is 13.5. The van der Waals surface area contributed by atoms with Crippen LogP contribution in [0.2, 0.25) is 0 Å².